The van der Waals surface area contributed by atoms with E-state index in [2.05, 4.69) is 50.4 Å². The maximum atomic E-state index is 13.8. The predicted octanol–water partition coefficient (Wildman–Crippen LogP) is 6.61. The predicted molar refractivity (Wildman–Crippen MR) is 152 cm³/mol. The molecular weight excluding hydrogens is 475 g/mol. The average Bonchev–Trinajstić information content (AvgIpc) is 2.90. The van der Waals surface area contributed by atoms with Crippen molar-refractivity contribution in [2.75, 3.05) is 0 Å². The highest BCUT2D eigenvalue weighted by atomic mass is 19.1. The lowest BCUT2D eigenvalue weighted by molar-refractivity contribution is -0.141. The molecule has 3 aromatic rings. The van der Waals surface area contributed by atoms with E-state index in [1.807, 2.05) is 44.2 Å². The highest BCUT2D eigenvalue weighted by Crippen LogP contribution is 2.23. The Kier molecular flexibility index (Phi) is 10.2. The van der Waals surface area contributed by atoms with Gasteiger partial charge in [-0.05, 0) is 59.6 Å². The van der Waals surface area contributed by atoms with E-state index < -0.39 is 6.04 Å². The molecule has 38 heavy (non-hydrogen) atoms. The number of halogens is 1. The Morgan fingerprint density at radius 3 is 2.05 bits per heavy atom. The summed E-state index contributed by atoms with van der Waals surface area (Å²) in [5.74, 6) is -0.608. The highest BCUT2D eigenvalue weighted by molar-refractivity contribution is 5.88. The maximum Gasteiger partial charge on any atom is 0.243 e. The van der Waals surface area contributed by atoms with Gasteiger partial charge in [0.1, 0.15) is 11.9 Å². The van der Waals surface area contributed by atoms with E-state index in [0.717, 1.165) is 23.1 Å². The van der Waals surface area contributed by atoms with Crippen LogP contribution in [0.4, 0.5) is 4.39 Å². The molecule has 5 heteroatoms. The van der Waals surface area contributed by atoms with Gasteiger partial charge in [0.05, 0.1) is 0 Å². The molecule has 2 amide bonds. The van der Waals surface area contributed by atoms with Crippen molar-refractivity contribution < 1.29 is 14.0 Å². The van der Waals surface area contributed by atoms with Gasteiger partial charge < -0.3 is 10.2 Å². The zero-order chi connectivity index (χ0) is 27.7. The Morgan fingerprint density at radius 2 is 1.47 bits per heavy atom. The molecule has 0 aliphatic carbocycles. The van der Waals surface area contributed by atoms with E-state index >= 15 is 0 Å². The second-order valence-corrected chi connectivity index (χ2v) is 11.1. The highest BCUT2D eigenvalue weighted by Gasteiger charge is 2.30. The summed E-state index contributed by atoms with van der Waals surface area (Å²) in [5, 5.41) is 3.08. The molecule has 3 rings (SSSR count). The summed E-state index contributed by atoms with van der Waals surface area (Å²) in [4.78, 5) is 29.0. The number of carbonyl (C=O) groups is 2. The Bertz CT molecular complexity index is 1170. The fourth-order valence-electron chi connectivity index (χ4n) is 4.35. The van der Waals surface area contributed by atoms with Crippen LogP contribution in [0.15, 0.2) is 78.9 Å². The first-order valence-corrected chi connectivity index (χ1v) is 13.5. The third-order valence-electron chi connectivity index (χ3n) is 6.99. The Hall–Kier alpha value is -3.47. The van der Waals surface area contributed by atoms with Gasteiger partial charge in [-0.1, -0.05) is 94.4 Å². The molecular formula is C33H41FN2O2. The molecule has 0 unspecified atom stereocenters. The van der Waals surface area contributed by atoms with Crippen LogP contribution in [0, 0.1) is 5.82 Å². The number of nitrogens with one attached hydrogen (secondary N) is 1. The van der Waals surface area contributed by atoms with Crippen molar-refractivity contribution in [2.24, 2.45) is 0 Å². The van der Waals surface area contributed by atoms with E-state index in [9.17, 15) is 14.0 Å². The molecule has 3 aromatic carbocycles. The molecule has 4 nitrogen and oxygen atoms in total. The van der Waals surface area contributed by atoms with Crippen LogP contribution in [0.3, 0.4) is 0 Å². The van der Waals surface area contributed by atoms with Gasteiger partial charge >= 0.3 is 0 Å². The van der Waals surface area contributed by atoms with Gasteiger partial charge in [-0.25, -0.2) is 4.39 Å². The molecule has 0 spiro atoms. The first-order chi connectivity index (χ1) is 18.1. The normalized spacial score (nSPS) is 13.0. The monoisotopic (exact) mass is 516 g/mol. The first-order valence-electron chi connectivity index (χ1n) is 13.5. The quantitative estimate of drug-likeness (QED) is 0.312. The van der Waals surface area contributed by atoms with E-state index in [-0.39, 0.29) is 42.1 Å². The zero-order valence-corrected chi connectivity index (χ0v) is 23.3. The van der Waals surface area contributed by atoms with Crippen molar-refractivity contribution in [3.8, 4) is 0 Å². The van der Waals surface area contributed by atoms with E-state index in [0.29, 0.717) is 12.8 Å². The second-order valence-electron chi connectivity index (χ2n) is 11.1. The number of carbonyl (C=O) groups excluding carboxylic acids is 2. The third-order valence-corrected chi connectivity index (χ3v) is 6.99. The number of hydrogen-bond donors (Lipinski definition) is 1. The summed E-state index contributed by atoms with van der Waals surface area (Å²) in [5.41, 5.74) is 4.15. The van der Waals surface area contributed by atoms with Gasteiger partial charge in [-0.3, -0.25) is 9.59 Å². The van der Waals surface area contributed by atoms with Crippen LogP contribution < -0.4 is 5.32 Å². The van der Waals surface area contributed by atoms with Crippen LogP contribution in [-0.4, -0.2) is 28.8 Å². The number of nitrogens with zero attached hydrogens (tertiary/aromatic N) is 1. The lowest BCUT2D eigenvalue weighted by atomic mass is 9.86. The summed E-state index contributed by atoms with van der Waals surface area (Å²) >= 11 is 0. The molecule has 0 bridgehead atoms. The largest absolute Gasteiger partial charge is 0.352 e. The molecule has 0 fully saturated rings. The minimum atomic E-state index is -0.688. The van der Waals surface area contributed by atoms with Crippen LogP contribution in [0.25, 0.3) is 0 Å². The fraction of sp³-hybridized carbons (Fsp3) is 0.394. The molecule has 1 N–H and O–H groups in total. The number of amides is 2. The molecule has 0 aliphatic rings. The van der Waals surface area contributed by atoms with Crippen molar-refractivity contribution in [2.45, 2.75) is 84.3 Å². The average molecular weight is 517 g/mol. The van der Waals surface area contributed by atoms with Crippen molar-refractivity contribution in [1.29, 1.82) is 0 Å². The fourth-order valence-corrected chi connectivity index (χ4v) is 4.35. The van der Waals surface area contributed by atoms with Gasteiger partial charge in [0, 0.05) is 25.4 Å². The Morgan fingerprint density at radius 1 is 0.868 bits per heavy atom. The van der Waals surface area contributed by atoms with Gasteiger partial charge in [-0.2, -0.15) is 0 Å². The van der Waals surface area contributed by atoms with Crippen LogP contribution in [-0.2, 0) is 34.4 Å². The molecule has 0 saturated heterocycles. The summed E-state index contributed by atoms with van der Waals surface area (Å²) in [6.45, 7) is 10.7. The molecule has 0 heterocycles. The van der Waals surface area contributed by atoms with Crippen molar-refractivity contribution in [3.63, 3.8) is 0 Å². The maximum absolute atomic E-state index is 13.8. The lowest BCUT2D eigenvalue weighted by Crippen LogP contribution is -2.52. The van der Waals surface area contributed by atoms with Crippen molar-refractivity contribution >= 4 is 11.8 Å². The first kappa shape index (κ1) is 29.1. The molecule has 0 aromatic heterocycles. The molecule has 2 atom stereocenters. The van der Waals surface area contributed by atoms with Gasteiger partial charge in [0.25, 0.3) is 0 Å². The topological polar surface area (TPSA) is 49.4 Å². The van der Waals surface area contributed by atoms with Crippen LogP contribution in [0.5, 0.6) is 0 Å². The van der Waals surface area contributed by atoms with Crippen molar-refractivity contribution in [1.82, 2.24) is 10.2 Å². The SMILES string of the molecule is CC[C@H](C)NC(=O)[C@H](Cc1ccccc1)N(Cc1ccc(F)cc1)C(=O)CCc1ccc(C(C)(C)C)cc1. The van der Waals surface area contributed by atoms with E-state index in [1.54, 1.807) is 17.0 Å². The Balaban J connectivity index is 1.88. The van der Waals surface area contributed by atoms with Gasteiger partial charge in [0.15, 0.2) is 0 Å². The zero-order valence-electron chi connectivity index (χ0n) is 23.3. The number of aryl methyl sites for hydroxylation is 1. The van der Waals surface area contributed by atoms with E-state index in [1.165, 1.54) is 17.7 Å². The van der Waals surface area contributed by atoms with Gasteiger partial charge in [-0.15, -0.1) is 0 Å². The van der Waals surface area contributed by atoms with Crippen LogP contribution in [0.1, 0.15) is 69.7 Å². The summed E-state index contributed by atoms with van der Waals surface area (Å²) < 4.78 is 13.6. The third kappa shape index (κ3) is 8.54. The smallest absolute Gasteiger partial charge is 0.243 e. The minimum absolute atomic E-state index is 0.00937. The minimum Gasteiger partial charge on any atom is -0.352 e. The summed E-state index contributed by atoms with van der Waals surface area (Å²) in [6.07, 6.45) is 2.04. The summed E-state index contributed by atoms with van der Waals surface area (Å²) in [7, 11) is 0. The molecule has 0 aliphatic heterocycles. The number of benzene rings is 3. The second kappa shape index (κ2) is 13.4. The van der Waals surface area contributed by atoms with E-state index in [4.69, 9.17) is 0 Å². The number of rotatable bonds is 11. The molecule has 202 valence electrons. The van der Waals surface area contributed by atoms with Crippen LogP contribution in [0.2, 0.25) is 0 Å². The number of hydrogen-bond acceptors (Lipinski definition) is 2. The molecule has 0 radical (unpaired) electrons. The van der Waals surface area contributed by atoms with Crippen LogP contribution >= 0.6 is 0 Å². The lowest BCUT2D eigenvalue weighted by Gasteiger charge is -2.32. The van der Waals surface area contributed by atoms with Crippen molar-refractivity contribution in [3.05, 3.63) is 107 Å². The summed E-state index contributed by atoms with van der Waals surface area (Å²) in [6, 6.07) is 23.6. The Labute approximate surface area is 227 Å². The molecule has 0 saturated carbocycles. The van der Waals surface area contributed by atoms with Gasteiger partial charge in [0.2, 0.25) is 11.8 Å². The standard InChI is InChI=1S/C33H41FN2O2/c1-6-24(2)35-32(38)30(22-26-10-8-7-9-11-26)36(23-27-14-19-29(34)20-15-27)31(37)21-16-25-12-17-28(18-13-25)33(3,4)5/h7-15,17-20,24,30H,6,16,21-23H2,1-5H3,(H,35,38)/t24-,30-/m0/s1.